The molecule has 0 bridgehead atoms. The molecule has 98 heavy (non-hydrogen) atoms. The number of ether oxygens (including phenoxy) is 4. The highest BCUT2D eigenvalue weighted by atomic mass is 31.2. The van der Waals surface area contributed by atoms with Crippen molar-refractivity contribution in [2.24, 2.45) is 0 Å². The van der Waals surface area contributed by atoms with Gasteiger partial charge in [-0.05, 0) is 154 Å². The topological polar surface area (TPSA) is 237 Å². The van der Waals surface area contributed by atoms with Crippen LogP contribution >= 0.6 is 15.6 Å². The van der Waals surface area contributed by atoms with Gasteiger partial charge in [-0.2, -0.15) is 0 Å². The van der Waals surface area contributed by atoms with E-state index >= 15 is 0 Å². The first-order chi connectivity index (χ1) is 48.1. The number of phosphoric ester groups is 2. The SMILES string of the molecule is O=CCCCCCC/C=C\CCCCCCCCCOC[C@H](COP(=O)(O)OC[C@H](O)COP(=O)(O)OC[C@@H](COCCCCCCCCC/C=C\CCCCCCC=O)OCCCCCCCCC/C=C\CCCCCCC=O)OCCCCCCC/C=C\CCCCCCC=O. The van der Waals surface area contributed by atoms with Crippen molar-refractivity contribution in [1.82, 2.24) is 0 Å². The third-order valence-corrected chi connectivity index (χ3v) is 19.2. The molecule has 0 aromatic rings. The molecule has 0 aliphatic heterocycles. The Kier molecular flexibility index (Phi) is 76.9. The number of aldehydes is 4. The first-order valence-electron chi connectivity index (χ1n) is 39.7. The van der Waals surface area contributed by atoms with Crippen molar-refractivity contribution < 1.29 is 80.2 Å². The Balaban J connectivity index is 5.04. The molecule has 19 heteroatoms. The molecule has 5 atom stereocenters. The first kappa shape index (κ1) is 95.7. The van der Waals surface area contributed by atoms with Crippen LogP contribution in [0.5, 0.6) is 0 Å². The van der Waals surface area contributed by atoms with E-state index in [1.807, 2.05) is 0 Å². The molecular formula is C79H146O17P2. The molecule has 0 aliphatic carbocycles. The fourth-order valence-corrected chi connectivity index (χ4v) is 12.8. The van der Waals surface area contributed by atoms with Crippen molar-refractivity contribution in [3.63, 3.8) is 0 Å². The zero-order chi connectivity index (χ0) is 71.1. The van der Waals surface area contributed by atoms with E-state index in [2.05, 4.69) is 48.6 Å². The molecule has 0 saturated carbocycles. The zero-order valence-electron chi connectivity index (χ0n) is 61.9. The standard InChI is InChI=1S/C79H146O17P2/c80-63-55-47-39-31-23-15-7-1-4-11-19-27-35-43-51-59-67-89-73-78(91-69-61-53-45-37-29-21-13-6-3-9-17-25-33-41-49-57-65-82)75-95-97(85,86)93-71-77(84)72-94-98(87,88)96-76-79(92-70-62-54-46-38-30-22-14-10-18-26-34-42-50-58-66-83)74-90-68-60-52-44-36-28-20-12-5-2-8-16-24-32-40-48-56-64-81/h1-3,7-10,14,63-66,77-79,84H,4-6,11-13,15-62,67-76H2,(H,85,86)(H,87,88)/b7-1-,8-2-,9-3-,14-10-/t77-,78-,79-/m1/s1. The predicted molar refractivity (Wildman–Crippen MR) is 401 cm³/mol. The summed E-state index contributed by atoms with van der Waals surface area (Å²) in [5.74, 6) is 0. The van der Waals surface area contributed by atoms with E-state index in [0.29, 0.717) is 52.1 Å². The van der Waals surface area contributed by atoms with E-state index in [1.165, 1.54) is 109 Å². The van der Waals surface area contributed by atoms with Gasteiger partial charge in [-0.15, -0.1) is 0 Å². The summed E-state index contributed by atoms with van der Waals surface area (Å²) in [6.45, 7) is 0.268. The second-order valence-corrected chi connectivity index (χ2v) is 29.7. The van der Waals surface area contributed by atoms with Gasteiger partial charge in [-0.1, -0.05) is 216 Å². The number of phosphoric acid groups is 2. The molecule has 0 aromatic carbocycles. The molecule has 0 aromatic heterocycles. The third-order valence-electron chi connectivity index (χ3n) is 17.3. The van der Waals surface area contributed by atoms with Gasteiger partial charge in [-0.25, -0.2) is 9.13 Å². The number of aliphatic hydroxyl groups excluding tert-OH is 1. The Bertz CT molecular complexity index is 1920. The van der Waals surface area contributed by atoms with Gasteiger partial charge in [-0.3, -0.25) is 18.1 Å². The molecule has 0 rings (SSSR count). The quantitative estimate of drug-likeness (QED) is 0.0222. The molecule has 17 nitrogen and oxygen atoms in total. The lowest BCUT2D eigenvalue weighted by atomic mass is 10.1. The van der Waals surface area contributed by atoms with Crippen molar-refractivity contribution >= 4 is 40.8 Å². The number of unbranched alkanes of at least 4 members (excludes halogenated alkanes) is 46. The molecule has 2 unspecified atom stereocenters. The summed E-state index contributed by atoms with van der Waals surface area (Å²) >= 11 is 0. The molecule has 3 N–H and O–H groups in total. The number of allylic oxidation sites excluding steroid dienone is 8. The fourth-order valence-electron chi connectivity index (χ4n) is 11.2. The van der Waals surface area contributed by atoms with Gasteiger partial charge in [0.2, 0.25) is 0 Å². The molecule has 574 valence electrons. The van der Waals surface area contributed by atoms with Gasteiger partial charge >= 0.3 is 15.6 Å². The number of aliphatic hydroxyl groups is 1. The van der Waals surface area contributed by atoms with Crippen LogP contribution in [0.15, 0.2) is 48.6 Å². The van der Waals surface area contributed by atoms with Gasteiger partial charge in [0.25, 0.3) is 0 Å². The maximum Gasteiger partial charge on any atom is 0.472 e. The fraction of sp³-hybridized carbons (Fsp3) is 0.848. The number of rotatable bonds is 84. The van der Waals surface area contributed by atoms with Crippen LogP contribution < -0.4 is 0 Å². The maximum absolute atomic E-state index is 13.1. The van der Waals surface area contributed by atoms with Crippen LogP contribution in [0.2, 0.25) is 0 Å². The molecule has 0 aliphatic rings. The second-order valence-electron chi connectivity index (χ2n) is 26.8. The minimum absolute atomic E-state index is 0.166. The lowest BCUT2D eigenvalue weighted by Crippen LogP contribution is -2.27. The van der Waals surface area contributed by atoms with E-state index in [4.69, 9.17) is 37.0 Å². The van der Waals surface area contributed by atoms with E-state index < -0.39 is 47.2 Å². The molecule has 0 spiro atoms. The Labute approximate surface area is 597 Å². The number of hydrogen-bond acceptors (Lipinski definition) is 15. The molecule has 0 heterocycles. The summed E-state index contributed by atoms with van der Waals surface area (Å²) in [4.78, 5) is 63.2. The Hall–Kier alpha value is -2.34. The molecule has 0 saturated heterocycles. The Morgan fingerprint density at radius 2 is 0.418 bits per heavy atom. The summed E-state index contributed by atoms with van der Waals surface area (Å²) in [5, 5.41) is 10.7. The summed E-state index contributed by atoms with van der Waals surface area (Å²) in [6.07, 6.45) is 77.6. The lowest BCUT2D eigenvalue weighted by Gasteiger charge is -2.22. The summed E-state index contributed by atoms with van der Waals surface area (Å²) in [6, 6.07) is 0. The summed E-state index contributed by atoms with van der Waals surface area (Å²) < 4.78 is 71.4. The van der Waals surface area contributed by atoms with Crippen molar-refractivity contribution in [3.8, 4) is 0 Å². The third kappa shape index (κ3) is 77.8. The predicted octanol–water partition coefficient (Wildman–Crippen LogP) is 21.5. The molecule has 0 fully saturated rings. The lowest BCUT2D eigenvalue weighted by molar-refractivity contribution is -0.108. The van der Waals surface area contributed by atoms with Crippen LogP contribution in [0.1, 0.15) is 347 Å². The Morgan fingerprint density at radius 3 is 0.643 bits per heavy atom. The first-order valence-corrected chi connectivity index (χ1v) is 42.7. The average molecular weight is 1430 g/mol. The minimum atomic E-state index is -4.70. The normalized spacial score (nSPS) is 14.3. The number of hydrogen-bond donors (Lipinski definition) is 3. The van der Waals surface area contributed by atoms with Gasteiger partial charge < -0.3 is 53.0 Å². The smallest absolute Gasteiger partial charge is 0.388 e. The van der Waals surface area contributed by atoms with Crippen molar-refractivity contribution in [3.05, 3.63) is 48.6 Å². The largest absolute Gasteiger partial charge is 0.472 e. The van der Waals surface area contributed by atoms with E-state index in [1.54, 1.807) is 0 Å². The maximum atomic E-state index is 13.1. The number of carbonyl (C=O) groups excluding carboxylic acids is 4. The second kappa shape index (κ2) is 78.8. The molecule has 0 amide bonds. The summed E-state index contributed by atoms with van der Waals surface area (Å²) in [7, 11) is -9.41. The minimum Gasteiger partial charge on any atom is -0.388 e. The van der Waals surface area contributed by atoms with Crippen LogP contribution in [0.25, 0.3) is 0 Å². The van der Waals surface area contributed by atoms with Crippen molar-refractivity contribution in [1.29, 1.82) is 0 Å². The molecule has 0 radical (unpaired) electrons. The van der Waals surface area contributed by atoms with Crippen LogP contribution in [0.4, 0.5) is 0 Å². The summed E-state index contributed by atoms with van der Waals surface area (Å²) in [5.41, 5.74) is 0. The van der Waals surface area contributed by atoms with Crippen LogP contribution in [-0.4, -0.2) is 124 Å². The number of carbonyl (C=O) groups is 4. The highest BCUT2D eigenvalue weighted by Gasteiger charge is 2.29. The highest BCUT2D eigenvalue weighted by Crippen LogP contribution is 2.45. The van der Waals surface area contributed by atoms with Crippen molar-refractivity contribution in [2.45, 2.75) is 365 Å². The average Bonchev–Trinajstić information content (AvgIpc) is 3.82. The highest BCUT2D eigenvalue weighted by molar-refractivity contribution is 7.47. The van der Waals surface area contributed by atoms with Gasteiger partial charge in [0, 0.05) is 52.1 Å². The Morgan fingerprint density at radius 1 is 0.235 bits per heavy atom. The van der Waals surface area contributed by atoms with Crippen LogP contribution in [0, 0.1) is 0 Å². The van der Waals surface area contributed by atoms with Gasteiger partial charge in [0.05, 0.1) is 39.6 Å². The monoisotopic (exact) mass is 1430 g/mol. The zero-order valence-corrected chi connectivity index (χ0v) is 63.7. The van der Waals surface area contributed by atoms with Crippen LogP contribution in [-0.2, 0) is 65.4 Å². The van der Waals surface area contributed by atoms with E-state index in [-0.39, 0.29) is 26.4 Å². The van der Waals surface area contributed by atoms with E-state index in [0.717, 1.165) is 237 Å². The van der Waals surface area contributed by atoms with Gasteiger partial charge in [0.15, 0.2) is 0 Å². The van der Waals surface area contributed by atoms with E-state index in [9.17, 15) is 43.2 Å². The molecular weight excluding hydrogens is 1280 g/mol. The van der Waals surface area contributed by atoms with Crippen molar-refractivity contribution in [2.75, 3.05) is 66.1 Å². The van der Waals surface area contributed by atoms with Gasteiger partial charge in [0.1, 0.15) is 43.5 Å². The van der Waals surface area contributed by atoms with Crippen LogP contribution in [0.3, 0.4) is 0 Å².